The van der Waals surface area contributed by atoms with Crippen molar-refractivity contribution in [2.45, 2.75) is 160 Å². The molecule has 8 saturated carbocycles. The summed E-state index contributed by atoms with van der Waals surface area (Å²) in [6, 6.07) is 22.8. The molecule has 13 rings (SSSR count). The Balaban J connectivity index is 0.00000214. The number of nitrogens with zero attached hydrogens (tertiary/aromatic N) is 1. The molecule has 0 amide bonds. The standard InChI is InChI=1S/C60H68F3NO2.2CH3.Zr/c1-33-9-11-44(48-21-41(56(3,4)5)23-50(54(48)65)58-27-35-15-36(28-58)17-37(16-35)29-58)46(13-33)52-25-43(60(61,62)63)26-53(64-52)47-14-34(2)10-12-45(47)49-22-42(57(6,7)8)24-51(55(49)66)59-30-38-18-39(31-59)20-40(19-38)32-59;;;/h9-14,21-26,35-40,65-66H,15-20,27-32H2,1-8H3;2*1H3;/q;2*-1;. The molecule has 8 aliphatic carbocycles. The van der Waals surface area contributed by atoms with Crippen molar-refractivity contribution in [3.8, 4) is 56.3 Å². The van der Waals surface area contributed by atoms with Crippen LogP contribution < -0.4 is 0 Å². The largest absolute Gasteiger partial charge is 0.507 e. The summed E-state index contributed by atoms with van der Waals surface area (Å²) in [5.74, 6) is 4.56. The van der Waals surface area contributed by atoms with Crippen molar-refractivity contribution in [2.75, 3.05) is 0 Å². The van der Waals surface area contributed by atoms with E-state index in [4.69, 9.17) is 4.98 Å². The molecule has 0 atom stereocenters. The van der Waals surface area contributed by atoms with Crippen LogP contribution in [0.5, 0.6) is 11.5 Å². The molecule has 366 valence electrons. The maximum absolute atomic E-state index is 15.4. The van der Waals surface area contributed by atoms with Crippen LogP contribution in [0.3, 0.4) is 0 Å². The molecule has 5 aromatic rings. The van der Waals surface area contributed by atoms with Gasteiger partial charge in [-0.25, -0.2) is 4.98 Å². The third-order valence-electron chi connectivity index (χ3n) is 17.8. The van der Waals surface area contributed by atoms with Crippen molar-refractivity contribution in [1.82, 2.24) is 4.98 Å². The van der Waals surface area contributed by atoms with E-state index < -0.39 is 11.7 Å². The van der Waals surface area contributed by atoms with E-state index in [0.717, 1.165) is 71.9 Å². The van der Waals surface area contributed by atoms with Crippen LogP contribution in [0.15, 0.2) is 72.8 Å². The Hall–Kier alpha value is -3.70. The Morgan fingerprint density at radius 1 is 0.449 bits per heavy atom. The third kappa shape index (κ3) is 9.03. The van der Waals surface area contributed by atoms with Gasteiger partial charge in [-0.15, -0.1) is 0 Å². The summed E-state index contributed by atoms with van der Waals surface area (Å²) in [5.41, 5.74) is 8.72. The van der Waals surface area contributed by atoms with Gasteiger partial charge in [0.15, 0.2) is 0 Å². The molecule has 1 heterocycles. The Labute approximate surface area is 430 Å². The summed E-state index contributed by atoms with van der Waals surface area (Å²) in [4.78, 5) is 5.23. The summed E-state index contributed by atoms with van der Waals surface area (Å²) in [6.45, 7) is 17.1. The monoisotopic (exact) mass is 1010 g/mol. The van der Waals surface area contributed by atoms with Gasteiger partial charge in [0.05, 0.1) is 17.0 Å². The normalized spacial score (nSPS) is 27.7. The van der Waals surface area contributed by atoms with Crippen molar-refractivity contribution < 1.29 is 49.6 Å². The van der Waals surface area contributed by atoms with Gasteiger partial charge in [-0.2, -0.15) is 13.2 Å². The molecular formula is C62H74F3NO2Zr-2. The smallest absolute Gasteiger partial charge is 0.416 e. The second-order valence-electron chi connectivity index (χ2n) is 25.0. The zero-order valence-corrected chi connectivity index (χ0v) is 45.3. The number of alkyl halides is 3. The molecule has 1 aromatic heterocycles. The number of hydrogen-bond donors (Lipinski definition) is 2. The predicted octanol–water partition coefficient (Wildman–Crippen LogP) is 17.2. The molecule has 8 bridgehead atoms. The van der Waals surface area contributed by atoms with Crippen molar-refractivity contribution in [3.63, 3.8) is 0 Å². The van der Waals surface area contributed by atoms with Gasteiger partial charge in [-0.3, -0.25) is 0 Å². The molecule has 0 aliphatic heterocycles. The summed E-state index contributed by atoms with van der Waals surface area (Å²) < 4.78 is 46.2. The first kappa shape index (κ1) is 51.7. The van der Waals surface area contributed by atoms with Crippen LogP contribution in [-0.2, 0) is 54.0 Å². The molecule has 0 unspecified atom stereocenters. The SMILES string of the molecule is Cc1ccc(-c2cc(C(C)(C)C)cc(C34CC5CC(CC(C5)C3)C4)c2O)c(-c2cc(C(F)(F)F)cc(-c3cc(C)ccc3-c3cc(C(C)(C)C)cc(C45CC6CC(CC(C6)C4)C5)c3O)n2)c1.[CH3-].[CH3-].[Zr]. The minimum Gasteiger partial charge on any atom is -0.507 e. The van der Waals surface area contributed by atoms with E-state index in [2.05, 4.69) is 65.8 Å². The number of phenolic OH excluding ortho intramolecular Hbond substituents is 2. The van der Waals surface area contributed by atoms with Crippen molar-refractivity contribution in [1.29, 1.82) is 0 Å². The second-order valence-corrected chi connectivity index (χ2v) is 25.0. The minimum absolute atomic E-state index is 0. The molecule has 8 aliphatic rings. The van der Waals surface area contributed by atoms with Gasteiger partial charge < -0.3 is 25.1 Å². The Bertz CT molecular complexity index is 2540. The van der Waals surface area contributed by atoms with Crippen LogP contribution in [-0.4, -0.2) is 15.2 Å². The Kier molecular flexibility index (Phi) is 13.3. The molecule has 2 N–H and O–H groups in total. The van der Waals surface area contributed by atoms with Crippen LogP contribution in [0.4, 0.5) is 13.2 Å². The fourth-order valence-corrected chi connectivity index (χ4v) is 15.4. The number of aromatic nitrogens is 1. The number of aryl methyl sites for hydroxylation is 2. The molecule has 0 spiro atoms. The van der Waals surface area contributed by atoms with Gasteiger partial charge in [0.2, 0.25) is 0 Å². The number of phenols is 2. The molecule has 4 aromatic carbocycles. The van der Waals surface area contributed by atoms with E-state index in [1.165, 1.54) is 50.7 Å². The van der Waals surface area contributed by atoms with Crippen molar-refractivity contribution >= 4 is 0 Å². The number of hydrogen-bond acceptors (Lipinski definition) is 3. The molecule has 0 saturated heterocycles. The summed E-state index contributed by atoms with van der Waals surface area (Å²) >= 11 is 0. The topological polar surface area (TPSA) is 53.4 Å². The number of benzene rings is 4. The number of pyridine rings is 1. The zero-order valence-electron chi connectivity index (χ0n) is 42.9. The van der Waals surface area contributed by atoms with E-state index in [0.29, 0.717) is 68.9 Å². The van der Waals surface area contributed by atoms with E-state index in [1.54, 1.807) is 0 Å². The van der Waals surface area contributed by atoms with Crippen LogP contribution in [0, 0.1) is 64.2 Å². The predicted molar refractivity (Wildman–Crippen MR) is 274 cm³/mol. The average molecular weight is 1010 g/mol. The van der Waals surface area contributed by atoms with Gasteiger partial charge in [0.1, 0.15) is 11.5 Å². The summed E-state index contributed by atoms with van der Waals surface area (Å²) in [6.07, 6.45) is 9.51. The second kappa shape index (κ2) is 17.8. The molecule has 8 fully saturated rings. The maximum Gasteiger partial charge on any atom is 0.416 e. The van der Waals surface area contributed by atoms with Crippen LogP contribution in [0.1, 0.15) is 158 Å². The Morgan fingerprint density at radius 3 is 1.06 bits per heavy atom. The van der Waals surface area contributed by atoms with Crippen molar-refractivity contribution in [3.05, 3.63) is 127 Å². The van der Waals surface area contributed by atoms with Gasteiger partial charge in [-0.1, -0.05) is 89.1 Å². The Morgan fingerprint density at radius 2 is 0.768 bits per heavy atom. The van der Waals surface area contributed by atoms with Crippen molar-refractivity contribution in [2.24, 2.45) is 35.5 Å². The number of aromatic hydroxyl groups is 2. The first-order chi connectivity index (χ1) is 31.0. The first-order valence-electron chi connectivity index (χ1n) is 25.1. The van der Waals surface area contributed by atoms with Gasteiger partial charge in [0, 0.05) is 59.6 Å². The van der Waals surface area contributed by atoms with E-state index in [9.17, 15) is 10.2 Å². The average Bonchev–Trinajstić information content (AvgIpc) is 3.21. The maximum atomic E-state index is 15.4. The first-order valence-corrected chi connectivity index (χ1v) is 25.1. The molecule has 0 radical (unpaired) electrons. The van der Waals surface area contributed by atoms with Crippen LogP contribution in [0.2, 0.25) is 0 Å². The minimum atomic E-state index is -4.67. The number of rotatable bonds is 6. The van der Waals surface area contributed by atoms with Gasteiger partial charge >= 0.3 is 6.18 Å². The fraction of sp³-hybridized carbons (Fsp3) is 0.500. The summed E-state index contributed by atoms with van der Waals surface area (Å²) in [5, 5.41) is 25.4. The van der Waals surface area contributed by atoms with Crippen LogP contribution in [0.25, 0.3) is 44.8 Å². The third-order valence-corrected chi connectivity index (χ3v) is 17.8. The van der Waals surface area contributed by atoms with E-state index in [1.807, 2.05) is 50.2 Å². The van der Waals surface area contributed by atoms with E-state index in [-0.39, 0.29) is 85.6 Å². The zero-order chi connectivity index (χ0) is 46.5. The molecule has 7 heteroatoms. The molecular weight excluding hydrogens is 939 g/mol. The molecule has 3 nitrogen and oxygen atoms in total. The van der Waals surface area contributed by atoms with Gasteiger partial charge in [0.25, 0.3) is 0 Å². The van der Waals surface area contributed by atoms with E-state index >= 15 is 13.2 Å². The summed E-state index contributed by atoms with van der Waals surface area (Å²) in [7, 11) is 0. The fourth-order valence-electron chi connectivity index (χ4n) is 15.4. The van der Waals surface area contributed by atoms with Gasteiger partial charge in [-0.05, 0) is 207 Å². The van der Waals surface area contributed by atoms with Crippen LogP contribution >= 0.6 is 0 Å². The quantitative estimate of drug-likeness (QED) is 0.167. The molecule has 69 heavy (non-hydrogen) atoms. The number of halogens is 3.